The van der Waals surface area contributed by atoms with Gasteiger partial charge >= 0.3 is 0 Å². The van der Waals surface area contributed by atoms with Crippen molar-refractivity contribution in [3.8, 4) is 0 Å². The Kier molecular flexibility index (Phi) is 10.4. The molecule has 4 nitrogen and oxygen atoms in total. The molecular formula is C20H35IN4. The van der Waals surface area contributed by atoms with Crippen LogP contribution >= 0.6 is 24.0 Å². The van der Waals surface area contributed by atoms with Gasteiger partial charge in [-0.25, -0.2) is 0 Å². The van der Waals surface area contributed by atoms with Crippen LogP contribution in [0.3, 0.4) is 0 Å². The van der Waals surface area contributed by atoms with Crippen LogP contribution in [0.4, 0.5) is 0 Å². The maximum Gasteiger partial charge on any atom is 0.190 e. The standard InChI is InChI=1S/C20H34N4.HI/c1-16-13-17(2)15-19(14-16)6-10-23-20(21-3)22-9-5-18-7-11-24(4)12-8-18;/h13-15,18H,5-12H2,1-4H3,(H2,21,22,23);1H. The van der Waals surface area contributed by atoms with E-state index in [4.69, 9.17) is 0 Å². The van der Waals surface area contributed by atoms with Crippen molar-refractivity contribution in [3.63, 3.8) is 0 Å². The second-order valence-corrected chi connectivity index (χ2v) is 7.21. The lowest BCUT2D eigenvalue weighted by Crippen LogP contribution is -2.39. The van der Waals surface area contributed by atoms with Crippen LogP contribution in [-0.2, 0) is 6.42 Å². The molecule has 1 aliphatic heterocycles. The Morgan fingerprint density at radius 1 is 1.08 bits per heavy atom. The molecule has 1 aliphatic rings. The van der Waals surface area contributed by atoms with Crippen molar-refractivity contribution in [1.82, 2.24) is 15.5 Å². The van der Waals surface area contributed by atoms with Crippen molar-refractivity contribution in [2.75, 3.05) is 40.3 Å². The van der Waals surface area contributed by atoms with E-state index in [-0.39, 0.29) is 24.0 Å². The highest BCUT2D eigenvalue weighted by Gasteiger charge is 2.16. The molecule has 2 rings (SSSR count). The van der Waals surface area contributed by atoms with Gasteiger partial charge in [0.15, 0.2) is 5.96 Å². The molecule has 0 bridgehead atoms. The molecule has 0 unspecified atom stereocenters. The highest BCUT2D eigenvalue weighted by molar-refractivity contribution is 14.0. The first-order valence-corrected chi connectivity index (χ1v) is 9.27. The maximum absolute atomic E-state index is 4.34. The zero-order chi connectivity index (χ0) is 17.4. The third-order valence-corrected chi connectivity index (χ3v) is 4.89. The number of aliphatic imine (C=N–C) groups is 1. The van der Waals surface area contributed by atoms with Crippen LogP contribution < -0.4 is 10.6 Å². The van der Waals surface area contributed by atoms with Crippen molar-refractivity contribution in [3.05, 3.63) is 34.9 Å². The van der Waals surface area contributed by atoms with Crippen molar-refractivity contribution in [2.24, 2.45) is 10.9 Å². The summed E-state index contributed by atoms with van der Waals surface area (Å²) in [5.74, 6) is 1.79. The molecule has 1 aromatic rings. The first kappa shape index (κ1) is 22.2. The summed E-state index contributed by atoms with van der Waals surface area (Å²) in [6.07, 6.45) is 4.93. The lowest BCUT2D eigenvalue weighted by molar-refractivity contribution is 0.213. The number of piperidine rings is 1. The number of guanidine groups is 1. The van der Waals surface area contributed by atoms with Crippen LogP contribution in [-0.4, -0.2) is 51.1 Å². The average molecular weight is 458 g/mol. The molecule has 0 amide bonds. The van der Waals surface area contributed by atoms with E-state index in [0.29, 0.717) is 0 Å². The van der Waals surface area contributed by atoms with Crippen LogP contribution in [0.5, 0.6) is 0 Å². The third kappa shape index (κ3) is 8.40. The van der Waals surface area contributed by atoms with Crippen LogP contribution in [0, 0.1) is 19.8 Å². The molecule has 1 aromatic carbocycles. The normalized spacial score (nSPS) is 16.4. The molecule has 0 radical (unpaired) electrons. The van der Waals surface area contributed by atoms with Gasteiger partial charge in [0, 0.05) is 20.1 Å². The van der Waals surface area contributed by atoms with E-state index in [0.717, 1.165) is 31.4 Å². The molecule has 142 valence electrons. The van der Waals surface area contributed by atoms with Gasteiger partial charge in [-0.1, -0.05) is 29.3 Å². The number of aryl methyl sites for hydroxylation is 2. The van der Waals surface area contributed by atoms with E-state index in [2.05, 4.69) is 59.6 Å². The number of hydrogen-bond donors (Lipinski definition) is 2. The SMILES string of the molecule is CN=C(NCCc1cc(C)cc(C)c1)NCCC1CCN(C)CC1.I. The number of nitrogens with one attached hydrogen (secondary N) is 2. The van der Waals surface area contributed by atoms with E-state index in [9.17, 15) is 0 Å². The summed E-state index contributed by atoms with van der Waals surface area (Å²) in [4.78, 5) is 6.76. The molecule has 2 N–H and O–H groups in total. The smallest absolute Gasteiger partial charge is 0.190 e. The number of rotatable bonds is 6. The Labute approximate surface area is 170 Å². The van der Waals surface area contributed by atoms with Gasteiger partial charge < -0.3 is 15.5 Å². The van der Waals surface area contributed by atoms with E-state index >= 15 is 0 Å². The summed E-state index contributed by atoms with van der Waals surface area (Å²) in [5, 5.41) is 6.89. The first-order chi connectivity index (χ1) is 11.6. The highest BCUT2D eigenvalue weighted by atomic mass is 127. The highest BCUT2D eigenvalue weighted by Crippen LogP contribution is 2.18. The fourth-order valence-corrected chi connectivity index (χ4v) is 3.50. The number of hydrogen-bond acceptors (Lipinski definition) is 2. The minimum Gasteiger partial charge on any atom is -0.356 e. The van der Waals surface area contributed by atoms with Crippen molar-refractivity contribution in [1.29, 1.82) is 0 Å². The van der Waals surface area contributed by atoms with Gasteiger partial charge in [-0.2, -0.15) is 0 Å². The van der Waals surface area contributed by atoms with E-state index in [1.54, 1.807) is 0 Å². The molecule has 0 saturated carbocycles. The van der Waals surface area contributed by atoms with Crippen molar-refractivity contribution < 1.29 is 0 Å². The summed E-state index contributed by atoms with van der Waals surface area (Å²) in [6, 6.07) is 6.76. The number of likely N-dealkylation sites (tertiary alicyclic amines) is 1. The minimum absolute atomic E-state index is 0. The zero-order valence-corrected chi connectivity index (χ0v) is 18.6. The van der Waals surface area contributed by atoms with Gasteiger partial charge in [0.1, 0.15) is 0 Å². The van der Waals surface area contributed by atoms with Crippen LogP contribution in [0.2, 0.25) is 0 Å². The first-order valence-electron chi connectivity index (χ1n) is 9.27. The Morgan fingerprint density at radius 2 is 1.68 bits per heavy atom. The van der Waals surface area contributed by atoms with E-state index in [1.165, 1.54) is 49.0 Å². The quantitative estimate of drug-likeness (QED) is 0.390. The minimum atomic E-state index is 0. The topological polar surface area (TPSA) is 39.7 Å². The average Bonchev–Trinajstić information content (AvgIpc) is 2.54. The van der Waals surface area contributed by atoms with Crippen molar-refractivity contribution >= 4 is 29.9 Å². The summed E-state index contributed by atoms with van der Waals surface area (Å²) < 4.78 is 0. The Hall–Kier alpha value is -0.820. The molecule has 0 aliphatic carbocycles. The van der Waals surface area contributed by atoms with Gasteiger partial charge in [0.05, 0.1) is 0 Å². The lowest BCUT2D eigenvalue weighted by atomic mass is 9.94. The molecule has 5 heteroatoms. The largest absolute Gasteiger partial charge is 0.356 e. The monoisotopic (exact) mass is 458 g/mol. The van der Waals surface area contributed by atoms with Gasteiger partial charge in [-0.05, 0) is 71.1 Å². The molecule has 1 saturated heterocycles. The fourth-order valence-electron chi connectivity index (χ4n) is 3.50. The fraction of sp³-hybridized carbons (Fsp3) is 0.650. The van der Waals surface area contributed by atoms with E-state index < -0.39 is 0 Å². The predicted molar refractivity (Wildman–Crippen MR) is 119 cm³/mol. The van der Waals surface area contributed by atoms with Gasteiger partial charge in [-0.3, -0.25) is 4.99 Å². The van der Waals surface area contributed by atoms with Gasteiger partial charge in [0.25, 0.3) is 0 Å². The Bertz CT molecular complexity index is 516. The van der Waals surface area contributed by atoms with Crippen molar-refractivity contribution in [2.45, 2.75) is 39.5 Å². The molecule has 0 atom stereocenters. The van der Waals surface area contributed by atoms with Crippen LogP contribution in [0.1, 0.15) is 36.0 Å². The third-order valence-electron chi connectivity index (χ3n) is 4.89. The van der Waals surface area contributed by atoms with Gasteiger partial charge in [-0.15, -0.1) is 24.0 Å². The Morgan fingerprint density at radius 3 is 2.28 bits per heavy atom. The lowest BCUT2D eigenvalue weighted by Gasteiger charge is -2.29. The second kappa shape index (κ2) is 11.7. The van der Waals surface area contributed by atoms with Gasteiger partial charge in [0.2, 0.25) is 0 Å². The number of nitrogens with zero attached hydrogens (tertiary/aromatic N) is 2. The molecule has 0 aromatic heterocycles. The van der Waals surface area contributed by atoms with E-state index in [1.807, 2.05) is 7.05 Å². The molecule has 0 spiro atoms. The molecular weight excluding hydrogens is 423 g/mol. The molecule has 1 fully saturated rings. The summed E-state index contributed by atoms with van der Waals surface area (Å²) in [5.41, 5.74) is 4.07. The number of halogens is 1. The molecule has 25 heavy (non-hydrogen) atoms. The summed E-state index contributed by atoms with van der Waals surface area (Å²) in [6.45, 7) is 8.73. The molecule has 1 heterocycles. The number of benzene rings is 1. The summed E-state index contributed by atoms with van der Waals surface area (Å²) >= 11 is 0. The summed E-state index contributed by atoms with van der Waals surface area (Å²) in [7, 11) is 4.07. The predicted octanol–water partition coefficient (Wildman–Crippen LogP) is 3.36. The second-order valence-electron chi connectivity index (χ2n) is 7.21. The zero-order valence-electron chi connectivity index (χ0n) is 16.3. The van der Waals surface area contributed by atoms with Crippen LogP contribution in [0.25, 0.3) is 0 Å². The van der Waals surface area contributed by atoms with Crippen LogP contribution in [0.15, 0.2) is 23.2 Å². The maximum atomic E-state index is 4.34. The Balaban J connectivity index is 0.00000312.